The van der Waals surface area contributed by atoms with E-state index >= 15 is 0 Å². The molecule has 0 heterocycles. The van der Waals surface area contributed by atoms with Gasteiger partial charge in [0.1, 0.15) is 0 Å². The van der Waals surface area contributed by atoms with Crippen LogP contribution in [0.1, 0.15) is 0 Å². The Balaban J connectivity index is 1.55. The molecule has 0 saturated heterocycles. The van der Waals surface area contributed by atoms with Gasteiger partial charge in [0.05, 0.1) is 31.3 Å². The lowest BCUT2D eigenvalue weighted by molar-refractivity contribution is 0.0530. The third-order valence-electron chi connectivity index (χ3n) is 4.95. The maximum absolute atomic E-state index is 12.9. The molecule has 152 valence electrons. The molecule has 0 aliphatic carbocycles. The average Bonchev–Trinajstić information content (AvgIpc) is 2.73. The molecule has 4 aromatic rings. The molecule has 0 spiro atoms. The largest absolute Gasteiger partial charge is 0.378 e. The number of ether oxygens (including phenoxy) is 2. The van der Waals surface area contributed by atoms with Gasteiger partial charge in [0.25, 0.3) is 0 Å². The van der Waals surface area contributed by atoms with Crippen LogP contribution in [-0.4, -0.2) is 47.9 Å². The minimum atomic E-state index is -3.66. The van der Waals surface area contributed by atoms with Gasteiger partial charge in [-0.1, -0.05) is 48.5 Å². The van der Waals surface area contributed by atoms with Crippen molar-refractivity contribution in [3.8, 4) is 0 Å². The maximum Gasteiger partial charge on any atom is 0.241 e. The van der Waals surface area contributed by atoms with Gasteiger partial charge in [-0.05, 0) is 33.0 Å². The second-order valence-electron chi connectivity index (χ2n) is 6.83. The minimum Gasteiger partial charge on any atom is -0.378 e. The fourth-order valence-electron chi connectivity index (χ4n) is 3.67. The van der Waals surface area contributed by atoms with E-state index in [0.717, 1.165) is 32.3 Å². The van der Waals surface area contributed by atoms with Gasteiger partial charge in [-0.15, -0.1) is 0 Å². The molecule has 0 unspecified atom stereocenters. The Labute approximate surface area is 170 Å². The number of sulfonamides is 1. The summed E-state index contributed by atoms with van der Waals surface area (Å²) in [5, 5.41) is 6.05. The fourth-order valence-corrected chi connectivity index (χ4v) is 4.89. The SMILES string of the molecule is NCCOCCOCCNS(=O)(=O)c1ccc2ccc3cccc4ccc1c2c34. The van der Waals surface area contributed by atoms with Crippen molar-refractivity contribution >= 4 is 42.3 Å². The van der Waals surface area contributed by atoms with Crippen LogP contribution in [-0.2, 0) is 19.5 Å². The van der Waals surface area contributed by atoms with Crippen LogP contribution >= 0.6 is 0 Å². The van der Waals surface area contributed by atoms with Gasteiger partial charge in [0, 0.05) is 18.5 Å². The molecule has 4 aromatic carbocycles. The quantitative estimate of drug-likeness (QED) is 0.309. The maximum atomic E-state index is 12.9. The first-order valence-electron chi connectivity index (χ1n) is 9.63. The lowest BCUT2D eigenvalue weighted by atomic mass is 9.94. The van der Waals surface area contributed by atoms with E-state index in [2.05, 4.69) is 22.9 Å². The van der Waals surface area contributed by atoms with E-state index < -0.39 is 10.0 Å². The molecule has 3 N–H and O–H groups in total. The van der Waals surface area contributed by atoms with Crippen LogP contribution in [0.15, 0.2) is 59.5 Å². The van der Waals surface area contributed by atoms with Crippen molar-refractivity contribution in [1.29, 1.82) is 0 Å². The normalized spacial score (nSPS) is 12.4. The summed E-state index contributed by atoms with van der Waals surface area (Å²) in [6, 6.07) is 17.6. The number of hydrogen-bond acceptors (Lipinski definition) is 5. The predicted octanol–water partition coefficient (Wildman–Crippen LogP) is 2.85. The van der Waals surface area contributed by atoms with Gasteiger partial charge in [0.15, 0.2) is 0 Å². The summed E-state index contributed by atoms with van der Waals surface area (Å²) in [6.07, 6.45) is 0. The summed E-state index contributed by atoms with van der Waals surface area (Å²) in [7, 11) is -3.66. The second kappa shape index (κ2) is 8.61. The Morgan fingerprint density at radius 3 is 2.10 bits per heavy atom. The summed E-state index contributed by atoms with van der Waals surface area (Å²) >= 11 is 0. The van der Waals surface area contributed by atoms with E-state index in [1.54, 1.807) is 6.07 Å². The topological polar surface area (TPSA) is 90.7 Å². The van der Waals surface area contributed by atoms with Crippen molar-refractivity contribution in [2.24, 2.45) is 5.73 Å². The summed E-state index contributed by atoms with van der Waals surface area (Å²) in [5.41, 5.74) is 5.34. The molecule has 4 rings (SSSR count). The third-order valence-corrected chi connectivity index (χ3v) is 6.47. The zero-order chi connectivity index (χ0) is 20.3. The first-order chi connectivity index (χ1) is 14.1. The number of nitrogens with two attached hydrogens (primary N) is 1. The average molecular weight is 413 g/mol. The van der Waals surface area contributed by atoms with Crippen LogP contribution in [0.25, 0.3) is 32.3 Å². The molecule has 0 aromatic heterocycles. The standard InChI is InChI=1S/C22H24N2O4S/c23-10-12-27-14-15-28-13-11-24-29(25,26)20-9-7-18-5-4-16-2-1-3-17-6-8-19(20)22(18)21(16)17/h1-9,24H,10-15,23H2. The molecule has 0 saturated carbocycles. The molecule has 0 radical (unpaired) electrons. The lowest BCUT2D eigenvalue weighted by Crippen LogP contribution is -2.28. The first kappa shape index (κ1) is 20.0. The van der Waals surface area contributed by atoms with Gasteiger partial charge >= 0.3 is 0 Å². The van der Waals surface area contributed by atoms with Gasteiger partial charge < -0.3 is 15.2 Å². The molecule has 0 fully saturated rings. The summed E-state index contributed by atoms with van der Waals surface area (Å²) in [4.78, 5) is 0.287. The summed E-state index contributed by atoms with van der Waals surface area (Å²) < 4.78 is 39.1. The number of rotatable bonds is 10. The molecule has 0 aliphatic heterocycles. The van der Waals surface area contributed by atoms with Gasteiger partial charge in [-0.25, -0.2) is 13.1 Å². The molecular formula is C22H24N2O4S. The molecule has 29 heavy (non-hydrogen) atoms. The Bertz CT molecular complexity index is 1210. The van der Waals surface area contributed by atoms with E-state index in [0.29, 0.717) is 26.4 Å². The monoisotopic (exact) mass is 412 g/mol. The zero-order valence-electron chi connectivity index (χ0n) is 16.1. The Morgan fingerprint density at radius 1 is 0.759 bits per heavy atom. The van der Waals surface area contributed by atoms with Crippen molar-refractivity contribution in [3.05, 3.63) is 54.6 Å². The van der Waals surface area contributed by atoms with E-state index in [9.17, 15) is 8.42 Å². The van der Waals surface area contributed by atoms with Crippen molar-refractivity contribution in [2.75, 3.05) is 39.5 Å². The highest BCUT2D eigenvalue weighted by atomic mass is 32.2. The van der Waals surface area contributed by atoms with E-state index in [1.165, 1.54) is 0 Å². The predicted molar refractivity (Wildman–Crippen MR) is 116 cm³/mol. The molecule has 0 bridgehead atoms. The molecular weight excluding hydrogens is 388 g/mol. The van der Waals surface area contributed by atoms with E-state index in [1.807, 2.05) is 30.3 Å². The van der Waals surface area contributed by atoms with Crippen molar-refractivity contribution in [3.63, 3.8) is 0 Å². The van der Waals surface area contributed by atoms with E-state index in [4.69, 9.17) is 15.2 Å². The number of benzene rings is 4. The van der Waals surface area contributed by atoms with Crippen molar-refractivity contribution in [1.82, 2.24) is 4.72 Å². The summed E-state index contributed by atoms with van der Waals surface area (Å²) in [6.45, 7) is 2.28. The third kappa shape index (κ3) is 4.05. The van der Waals surface area contributed by atoms with E-state index in [-0.39, 0.29) is 18.0 Å². The lowest BCUT2D eigenvalue weighted by Gasteiger charge is -2.14. The Hall–Kier alpha value is -2.29. The molecule has 6 nitrogen and oxygen atoms in total. The second-order valence-corrected chi connectivity index (χ2v) is 8.57. The Morgan fingerprint density at radius 2 is 1.38 bits per heavy atom. The van der Waals surface area contributed by atoms with Crippen LogP contribution in [0.3, 0.4) is 0 Å². The first-order valence-corrected chi connectivity index (χ1v) is 11.1. The molecule has 0 amide bonds. The van der Waals surface area contributed by atoms with Gasteiger partial charge in [-0.3, -0.25) is 0 Å². The summed E-state index contributed by atoms with van der Waals surface area (Å²) in [5.74, 6) is 0. The zero-order valence-corrected chi connectivity index (χ0v) is 16.9. The molecule has 7 heteroatoms. The Kier molecular flexibility index (Phi) is 5.94. The molecule has 0 atom stereocenters. The minimum absolute atomic E-state index is 0.196. The highest BCUT2D eigenvalue weighted by Gasteiger charge is 2.19. The van der Waals surface area contributed by atoms with Crippen LogP contribution in [0.2, 0.25) is 0 Å². The highest BCUT2D eigenvalue weighted by Crippen LogP contribution is 2.37. The number of hydrogen-bond donors (Lipinski definition) is 2. The van der Waals surface area contributed by atoms with Crippen LogP contribution in [0.4, 0.5) is 0 Å². The number of nitrogens with one attached hydrogen (secondary N) is 1. The van der Waals surface area contributed by atoms with Crippen LogP contribution in [0, 0.1) is 0 Å². The van der Waals surface area contributed by atoms with Crippen molar-refractivity contribution in [2.45, 2.75) is 4.90 Å². The molecule has 0 aliphatic rings. The van der Waals surface area contributed by atoms with Crippen LogP contribution in [0.5, 0.6) is 0 Å². The van der Waals surface area contributed by atoms with Crippen molar-refractivity contribution < 1.29 is 17.9 Å². The highest BCUT2D eigenvalue weighted by molar-refractivity contribution is 7.89. The van der Waals surface area contributed by atoms with Gasteiger partial charge in [-0.2, -0.15) is 0 Å². The fraction of sp³-hybridized carbons (Fsp3) is 0.273. The van der Waals surface area contributed by atoms with Crippen LogP contribution < -0.4 is 10.5 Å². The smallest absolute Gasteiger partial charge is 0.241 e. The van der Waals surface area contributed by atoms with Gasteiger partial charge in [0.2, 0.25) is 10.0 Å².